The molecule has 0 aliphatic heterocycles. The summed E-state index contributed by atoms with van der Waals surface area (Å²) in [4.78, 5) is 5.44. The molecule has 20 heavy (non-hydrogen) atoms. The van der Waals surface area contributed by atoms with Crippen LogP contribution < -0.4 is 10.5 Å². The number of aromatic nitrogens is 1. The second kappa shape index (κ2) is 7.31. The van der Waals surface area contributed by atoms with E-state index < -0.39 is 0 Å². The van der Waals surface area contributed by atoms with Gasteiger partial charge in [-0.15, -0.1) is 11.8 Å². The number of ether oxygens (including phenoxy) is 1. The number of pyridine rings is 1. The largest absolute Gasteiger partial charge is 0.456 e. The first-order valence-corrected chi connectivity index (χ1v) is 7.95. The molecule has 0 aliphatic carbocycles. The Balaban J connectivity index is 2.06. The van der Waals surface area contributed by atoms with Crippen LogP contribution in [0.15, 0.2) is 47.6 Å². The van der Waals surface area contributed by atoms with E-state index in [2.05, 4.69) is 18.2 Å². The summed E-state index contributed by atoms with van der Waals surface area (Å²) < 4.78 is 5.82. The number of benzene rings is 1. The maximum atomic E-state index is 5.97. The van der Waals surface area contributed by atoms with E-state index in [1.54, 1.807) is 18.0 Å². The summed E-state index contributed by atoms with van der Waals surface area (Å²) in [7, 11) is 0. The van der Waals surface area contributed by atoms with E-state index in [0.29, 0.717) is 0 Å². The number of hydrogen-bond donors (Lipinski definition) is 1. The molecule has 4 heteroatoms. The van der Waals surface area contributed by atoms with Crippen molar-refractivity contribution < 1.29 is 4.74 Å². The van der Waals surface area contributed by atoms with Gasteiger partial charge in [-0.3, -0.25) is 4.98 Å². The van der Waals surface area contributed by atoms with Crippen molar-refractivity contribution in [3.63, 3.8) is 0 Å². The Morgan fingerprint density at radius 2 is 1.95 bits per heavy atom. The standard InChI is InChI=1S/C16H20N2OS/c1-3-13(17)8-12-9-15(11-18-10-12)19-14-4-6-16(20-2)7-5-14/h4-7,9-11,13H,3,8,17H2,1-2H3. The minimum absolute atomic E-state index is 0.174. The van der Waals surface area contributed by atoms with E-state index >= 15 is 0 Å². The van der Waals surface area contributed by atoms with E-state index in [1.165, 1.54) is 4.90 Å². The summed E-state index contributed by atoms with van der Waals surface area (Å²) in [5, 5.41) is 0. The SMILES string of the molecule is CCC(N)Cc1cncc(Oc2ccc(SC)cc2)c1. The van der Waals surface area contributed by atoms with Crippen LogP contribution in [-0.4, -0.2) is 17.3 Å². The van der Waals surface area contributed by atoms with Gasteiger partial charge in [-0.2, -0.15) is 0 Å². The van der Waals surface area contributed by atoms with Gasteiger partial charge < -0.3 is 10.5 Å². The molecule has 1 aromatic carbocycles. The monoisotopic (exact) mass is 288 g/mol. The highest BCUT2D eigenvalue weighted by Crippen LogP contribution is 2.24. The second-order valence-electron chi connectivity index (χ2n) is 4.68. The molecule has 2 N–H and O–H groups in total. The molecule has 0 fully saturated rings. The van der Waals surface area contributed by atoms with Crippen molar-refractivity contribution in [2.24, 2.45) is 5.73 Å². The fraction of sp³-hybridized carbons (Fsp3) is 0.312. The Kier molecular flexibility index (Phi) is 5.44. The normalized spacial score (nSPS) is 12.2. The molecule has 2 aromatic rings. The molecule has 2 rings (SSSR count). The molecule has 0 spiro atoms. The lowest BCUT2D eigenvalue weighted by atomic mass is 10.1. The molecule has 0 aliphatic rings. The molecule has 106 valence electrons. The number of nitrogens with zero attached hydrogens (tertiary/aromatic N) is 1. The van der Waals surface area contributed by atoms with Crippen molar-refractivity contribution in [2.45, 2.75) is 30.7 Å². The van der Waals surface area contributed by atoms with Gasteiger partial charge in [-0.05, 0) is 55.0 Å². The highest BCUT2D eigenvalue weighted by molar-refractivity contribution is 7.98. The summed E-state index contributed by atoms with van der Waals surface area (Å²) in [6.45, 7) is 2.09. The van der Waals surface area contributed by atoms with Crippen LogP contribution in [0.1, 0.15) is 18.9 Å². The third-order valence-electron chi connectivity index (χ3n) is 3.09. The molecule has 0 amide bonds. The van der Waals surface area contributed by atoms with Gasteiger partial charge in [0, 0.05) is 17.1 Å². The zero-order valence-electron chi connectivity index (χ0n) is 11.9. The molecule has 0 saturated carbocycles. The smallest absolute Gasteiger partial charge is 0.145 e. The van der Waals surface area contributed by atoms with E-state index in [0.717, 1.165) is 29.9 Å². The molecule has 0 bridgehead atoms. The molecular formula is C16H20N2OS. The number of rotatable bonds is 6. The van der Waals surface area contributed by atoms with E-state index in [4.69, 9.17) is 10.5 Å². The topological polar surface area (TPSA) is 48.1 Å². The molecule has 3 nitrogen and oxygen atoms in total. The summed E-state index contributed by atoms with van der Waals surface area (Å²) >= 11 is 1.71. The van der Waals surface area contributed by atoms with Gasteiger partial charge in [-0.1, -0.05) is 6.92 Å². The highest BCUT2D eigenvalue weighted by atomic mass is 32.2. The first-order chi connectivity index (χ1) is 9.71. The molecule has 0 radical (unpaired) electrons. The fourth-order valence-corrected chi connectivity index (χ4v) is 2.27. The maximum Gasteiger partial charge on any atom is 0.145 e. The van der Waals surface area contributed by atoms with Gasteiger partial charge in [0.2, 0.25) is 0 Å². The van der Waals surface area contributed by atoms with Crippen LogP contribution in [0, 0.1) is 0 Å². The number of hydrogen-bond acceptors (Lipinski definition) is 4. The van der Waals surface area contributed by atoms with E-state index in [-0.39, 0.29) is 6.04 Å². The second-order valence-corrected chi connectivity index (χ2v) is 5.56. The van der Waals surface area contributed by atoms with Gasteiger partial charge in [0.25, 0.3) is 0 Å². The summed E-state index contributed by atoms with van der Waals surface area (Å²) in [5.74, 6) is 1.57. The Morgan fingerprint density at radius 1 is 1.20 bits per heavy atom. The zero-order valence-corrected chi connectivity index (χ0v) is 12.7. The third-order valence-corrected chi connectivity index (χ3v) is 3.83. The quantitative estimate of drug-likeness (QED) is 0.820. The van der Waals surface area contributed by atoms with E-state index in [1.807, 2.05) is 36.5 Å². The Hall–Kier alpha value is -1.52. The summed E-state index contributed by atoms with van der Waals surface area (Å²) in [5.41, 5.74) is 7.08. The fourth-order valence-electron chi connectivity index (χ4n) is 1.86. The van der Waals surface area contributed by atoms with Crippen molar-refractivity contribution in [3.8, 4) is 11.5 Å². The number of thioether (sulfide) groups is 1. The minimum atomic E-state index is 0.174. The minimum Gasteiger partial charge on any atom is -0.456 e. The van der Waals surface area contributed by atoms with Gasteiger partial charge in [0.15, 0.2) is 0 Å². The average molecular weight is 288 g/mol. The Bertz CT molecular complexity index is 542. The number of nitrogens with two attached hydrogens (primary N) is 1. The van der Waals surface area contributed by atoms with Crippen molar-refractivity contribution in [1.29, 1.82) is 0 Å². The Labute approximate surface area is 124 Å². The molecule has 1 aromatic heterocycles. The highest BCUT2D eigenvalue weighted by Gasteiger charge is 2.04. The lowest BCUT2D eigenvalue weighted by Gasteiger charge is -2.10. The summed E-state index contributed by atoms with van der Waals surface area (Å²) in [6, 6.07) is 10.2. The lowest BCUT2D eigenvalue weighted by molar-refractivity contribution is 0.478. The average Bonchev–Trinajstić information content (AvgIpc) is 2.48. The van der Waals surface area contributed by atoms with Crippen LogP contribution >= 0.6 is 11.8 Å². The first-order valence-electron chi connectivity index (χ1n) is 6.72. The van der Waals surface area contributed by atoms with Crippen LogP contribution in [-0.2, 0) is 6.42 Å². The van der Waals surface area contributed by atoms with Crippen LogP contribution in [0.4, 0.5) is 0 Å². The first kappa shape index (κ1) is 14.9. The predicted octanol–water partition coefficient (Wildman–Crippen LogP) is 3.88. The van der Waals surface area contributed by atoms with Gasteiger partial charge in [0.05, 0.1) is 6.20 Å². The van der Waals surface area contributed by atoms with Crippen LogP contribution in [0.25, 0.3) is 0 Å². The molecule has 0 saturated heterocycles. The van der Waals surface area contributed by atoms with E-state index in [9.17, 15) is 0 Å². The van der Waals surface area contributed by atoms with Gasteiger partial charge >= 0.3 is 0 Å². The third kappa shape index (κ3) is 4.25. The zero-order chi connectivity index (χ0) is 14.4. The maximum absolute atomic E-state index is 5.97. The van der Waals surface area contributed by atoms with Crippen molar-refractivity contribution in [3.05, 3.63) is 48.3 Å². The van der Waals surface area contributed by atoms with Crippen molar-refractivity contribution in [2.75, 3.05) is 6.26 Å². The van der Waals surface area contributed by atoms with Crippen molar-refractivity contribution >= 4 is 11.8 Å². The summed E-state index contributed by atoms with van der Waals surface area (Å²) in [6.07, 6.45) is 7.41. The molecule has 1 heterocycles. The van der Waals surface area contributed by atoms with Gasteiger partial charge in [-0.25, -0.2) is 0 Å². The molecule has 1 unspecified atom stereocenters. The predicted molar refractivity (Wildman–Crippen MR) is 84.5 cm³/mol. The van der Waals surface area contributed by atoms with Crippen molar-refractivity contribution in [1.82, 2.24) is 4.98 Å². The van der Waals surface area contributed by atoms with Gasteiger partial charge in [0.1, 0.15) is 11.5 Å². The van der Waals surface area contributed by atoms with Crippen LogP contribution in [0.3, 0.4) is 0 Å². The molecular weight excluding hydrogens is 268 g/mol. The lowest BCUT2D eigenvalue weighted by Crippen LogP contribution is -2.21. The van der Waals surface area contributed by atoms with Crippen LogP contribution in [0.2, 0.25) is 0 Å². The Morgan fingerprint density at radius 3 is 2.60 bits per heavy atom. The van der Waals surface area contributed by atoms with Crippen LogP contribution in [0.5, 0.6) is 11.5 Å². The molecule has 1 atom stereocenters.